The number of aryl methyl sites for hydroxylation is 1. The lowest BCUT2D eigenvalue weighted by Gasteiger charge is -2.13. The number of hydrogen-bond donors (Lipinski definition) is 1. The highest BCUT2D eigenvalue weighted by Crippen LogP contribution is 2.29. The first kappa shape index (κ1) is 19.3. The molecule has 0 spiro atoms. The van der Waals surface area contributed by atoms with Crippen molar-refractivity contribution in [2.45, 2.75) is 12.8 Å². The molecule has 0 atom stereocenters. The molecule has 7 heteroatoms. The molecule has 0 aliphatic carbocycles. The Hall–Kier alpha value is -2.50. The molecule has 0 saturated carbocycles. The Morgan fingerprint density at radius 2 is 2.00 bits per heavy atom. The fourth-order valence-electron chi connectivity index (χ4n) is 2.63. The van der Waals surface area contributed by atoms with Crippen LogP contribution in [0, 0.1) is 0 Å². The van der Waals surface area contributed by atoms with Crippen LogP contribution in [-0.2, 0) is 29.4 Å². The number of halogens is 2. The molecule has 140 valence electrons. The SMILES string of the molecule is Cn1ccnc1CCOC(=O)Cc1ccccc1Nc1ccc(Cl)cc1Cl. The molecule has 3 aromatic rings. The smallest absolute Gasteiger partial charge is 0.310 e. The summed E-state index contributed by atoms with van der Waals surface area (Å²) in [7, 11) is 1.91. The van der Waals surface area contributed by atoms with Crippen molar-refractivity contribution in [1.29, 1.82) is 0 Å². The van der Waals surface area contributed by atoms with Gasteiger partial charge in [-0.15, -0.1) is 0 Å². The van der Waals surface area contributed by atoms with Crippen LogP contribution in [0.1, 0.15) is 11.4 Å². The molecular weight excluding hydrogens is 385 g/mol. The zero-order chi connectivity index (χ0) is 19.2. The molecule has 0 aliphatic rings. The number of nitrogens with zero attached hydrogens (tertiary/aromatic N) is 2. The van der Waals surface area contributed by atoms with E-state index < -0.39 is 0 Å². The predicted octanol–water partition coefficient (Wildman–Crippen LogP) is 4.80. The highest BCUT2D eigenvalue weighted by atomic mass is 35.5. The maximum atomic E-state index is 12.2. The van der Waals surface area contributed by atoms with Gasteiger partial charge in [-0.25, -0.2) is 4.98 Å². The van der Waals surface area contributed by atoms with E-state index in [1.165, 1.54) is 0 Å². The number of nitrogens with one attached hydrogen (secondary N) is 1. The standard InChI is InChI=1S/C20H19Cl2N3O2/c1-25-10-9-23-19(25)8-11-27-20(26)12-14-4-2-3-5-17(14)24-18-7-6-15(21)13-16(18)22/h2-7,9-10,13,24H,8,11-12H2,1H3. The number of carbonyl (C=O) groups excluding carboxylic acids is 1. The van der Waals surface area contributed by atoms with Gasteiger partial charge in [0.05, 0.1) is 23.7 Å². The van der Waals surface area contributed by atoms with Crippen LogP contribution in [0.5, 0.6) is 0 Å². The summed E-state index contributed by atoms with van der Waals surface area (Å²) in [6.07, 6.45) is 4.33. The number of esters is 1. The van der Waals surface area contributed by atoms with Gasteiger partial charge in [-0.2, -0.15) is 0 Å². The van der Waals surface area contributed by atoms with E-state index in [1.54, 1.807) is 24.4 Å². The number of hydrogen-bond acceptors (Lipinski definition) is 4. The van der Waals surface area contributed by atoms with Gasteiger partial charge in [-0.1, -0.05) is 41.4 Å². The second-order valence-corrected chi connectivity index (χ2v) is 6.85. The summed E-state index contributed by atoms with van der Waals surface area (Å²) in [6.45, 7) is 0.294. The van der Waals surface area contributed by atoms with Crippen molar-refractivity contribution in [3.05, 3.63) is 76.3 Å². The Bertz CT molecular complexity index is 940. The third kappa shape index (κ3) is 5.25. The van der Waals surface area contributed by atoms with Gasteiger partial charge in [-0.05, 0) is 29.8 Å². The molecule has 0 fully saturated rings. The van der Waals surface area contributed by atoms with E-state index in [1.807, 2.05) is 42.1 Å². The summed E-state index contributed by atoms with van der Waals surface area (Å²) in [6, 6.07) is 12.8. The van der Waals surface area contributed by atoms with Gasteiger partial charge in [-0.3, -0.25) is 4.79 Å². The first-order valence-electron chi connectivity index (χ1n) is 8.45. The first-order valence-corrected chi connectivity index (χ1v) is 9.20. The maximum absolute atomic E-state index is 12.2. The van der Waals surface area contributed by atoms with E-state index in [0.717, 1.165) is 22.8 Å². The molecule has 0 unspecified atom stereocenters. The zero-order valence-corrected chi connectivity index (χ0v) is 16.3. The van der Waals surface area contributed by atoms with Crippen LogP contribution in [0.4, 0.5) is 11.4 Å². The summed E-state index contributed by atoms with van der Waals surface area (Å²) < 4.78 is 7.26. The van der Waals surface area contributed by atoms with E-state index in [9.17, 15) is 4.79 Å². The van der Waals surface area contributed by atoms with Crippen molar-refractivity contribution in [3.63, 3.8) is 0 Å². The fraction of sp³-hybridized carbons (Fsp3) is 0.200. The van der Waals surface area contributed by atoms with Crippen molar-refractivity contribution in [3.8, 4) is 0 Å². The van der Waals surface area contributed by atoms with Gasteiger partial charge < -0.3 is 14.6 Å². The number of benzene rings is 2. The van der Waals surface area contributed by atoms with Crippen molar-refractivity contribution < 1.29 is 9.53 Å². The average molecular weight is 404 g/mol. The Balaban J connectivity index is 1.61. The molecule has 0 radical (unpaired) electrons. The minimum absolute atomic E-state index is 0.162. The summed E-state index contributed by atoms with van der Waals surface area (Å²) in [5.74, 6) is 0.586. The average Bonchev–Trinajstić information content (AvgIpc) is 3.04. The molecule has 1 heterocycles. The van der Waals surface area contributed by atoms with Gasteiger partial charge in [0.2, 0.25) is 0 Å². The number of aromatic nitrogens is 2. The van der Waals surface area contributed by atoms with Crippen molar-refractivity contribution in [1.82, 2.24) is 9.55 Å². The van der Waals surface area contributed by atoms with Gasteiger partial charge in [0, 0.05) is 36.6 Å². The lowest BCUT2D eigenvalue weighted by Crippen LogP contribution is -2.13. The molecule has 0 aliphatic heterocycles. The number of rotatable bonds is 7. The second kappa shape index (κ2) is 8.93. The molecule has 0 saturated heterocycles. The molecule has 0 bridgehead atoms. The largest absolute Gasteiger partial charge is 0.465 e. The highest BCUT2D eigenvalue weighted by Gasteiger charge is 2.11. The number of imidazole rings is 1. The minimum atomic E-state index is -0.291. The second-order valence-electron chi connectivity index (χ2n) is 6.01. The number of anilines is 2. The van der Waals surface area contributed by atoms with Gasteiger partial charge >= 0.3 is 5.97 Å². The lowest BCUT2D eigenvalue weighted by atomic mass is 10.1. The van der Waals surface area contributed by atoms with E-state index >= 15 is 0 Å². The minimum Gasteiger partial charge on any atom is -0.465 e. The van der Waals surface area contributed by atoms with Crippen LogP contribution >= 0.6 is 23.2 Å². The molecule has 2 aromatic carbocycles. The highest BCUT2D eigenvalue weighted by molar-refractivity contribution is 6.36. The van der Waals surface area contributed by atoms with E-state index in [2.05, 4.69) is 10.3 Å². The zero-order valence-electron chi connectivity index (χ0n) is 14.8. The first-order chi connectivity index (χ1) is 13.0. The number of carbonyl (C=O) groups is 1. The molecule has 27 heavy (non-hydrogen) atoms. The monoisotopic (exact) mass is 403 g/mol. The van der Waals surface area contributed by atoms with Crippen molar-refractivity contribution in [2.24, 2.45) is 7.05 Å². The molecule has 5 nitrogen and oxygen atoms in total. The summed E-state index contributed by atoms with van der Waals surface area (Å²) in [4.78, 5) is 16.4. The quantitative estimate of drug-likeness (QED) is 0.575. The summed E-state index contributed by atoms with van der Waals surface area (Å²) in [5, 5.41) is 4.32. The van der Waals surface area contributed by atoms with Gasteiger partial charge in [0.15, 0.2) is 0 Å². The Kier molecular flexibility index (Phi) is 6.37. The maximum Gasteiger partial charge on any atom is 0.310 e. The summed E-state index contributed by atoms with van der Waals surface area (Å²) >= 11 is 12.2. The molecule has 1 aromatic heterocycles. The normalized spacial score (nSPS) is 10.6. The van der Waals surface area contributed by atoms with Gasteiger partial charge in [0.1, 0.15) is 5.82 Å². The van der Waals surface area contributed by atoms with Crippen LogP contribution in [-0.4, -0.2) is 22.1 Å². The third-order valence-corrected chi connectivity index (χ3v) is 4.61. The molecule has 1 N–H and O–H groups in total. The lowest BCUT2D eigenvalue weighted by molar-refractivity contribution is -0.142. The summed E-state index contributed by atoms with van der Waals surface area (Å²) in [5.41, 5.74) is 2.34. The topological polar surface area (TPSA) is 56.2 Å². The molecule has 3 rings (SSSR count). The third-order valence-electron chi connectivity index (χ3n) is 4.06. The Morgan fingerprint density at radius 3 is 2.74 bits per heavy atom. The van der Waals surface area contributed by atoms with Gasteiger partial charge in [0.25, 0.3) is 0 Å². The van der Waals surface area contributed by atoms with Crippen LogP contribution in [0.2, 0.25) is 10.0 Å². The number of para-hydroxylation sites is 1. The number of ether oxygens (including phenoxy) is 1. The van der Waals surface area contributed by atoms with Crippen molar-refractivity contribution >= 4 is 40.5 Å². The molecule has 0 amide bonds. The van der Waals surface area contributed by atoms with E-state index in [0.29, 0.717) is 23.1 Å². The predicted molar refractivity (Wildman–Crippen MR) is 108 cm³/mol. The van der Waals surface area contributed by atoms with Crippen LogP contribution < -0.4 is 5.32 Å². The van der Waals surface area contributed by atoms with E-state index in [4.69, 9.17) is 27.9 Å². The fourth-order valence-corrected chi connectivity index (χ4v) is 3.09. The Morgan fingerprint density at radius 1 is 1.19 bits per heavy atom. The van der Waals surface area contributed by atoms with Crippen molar-refractivity contribution in [2.75, 3.05) is 11.9 Å². The van der Waals surface area contributed by atoms with Crippen LogP contribution in [0.3, 0.4) is 0 Å². The Labute approximate surface area is 167 Å². The molecular formula is C20H19Cl2N3O2. The van der Waals surface area contributed by atoms with Crippen LogP contribution in [0.15, 0.2) is 54.9 Å². The van der Waals surface area contributed by atoms with E-state index in [-0.39, 0.29) is 12.4 Å². The van der Waals surface area contributed by atoms with Crippen LogP contribution in [0.25, 0.3) is 0 Å².